The summed E-state index contributed by atoms with van der Waals surface area (Å²) < 4.78 is 0. The van der Waals surface area contributed by atoms with E-state index >= 15 is 0 Å². The average molecular weight is 339 g/mol. The van der Waals surface area contributed by atoms with E-state index in [1.807, 2.05) is 30.0 Å². The van der Waals surface area contributed by atoms with E-state index in [9.17, 15) is 4.79 Å². The molecule has 1 atom stereocenters. The normalized spacial score (nSPS) is 15.8. The molecule has 1 N–H and O–H groups in total. The van der Waals surface area contributed by atoms with E-state index in [0.717, 1.165) is 31.1 Å². The van der Waals surface area contributed by atoms with E-state index in [-0.39, 0.29) is 11.9 Å². The maximum atomic E-state index is 12.7. The molecule has 2 heterocycles. The summed E-state index contributed by atoms with van der Waals surface area (Å²) in [6.45, 7) is 6.95. The average Bonchev–Trinajstić information content (AvgIpc) is 2.69. The van der Waals surface area contributed by atoms with Crippen LogP contribution in [-0.4, -0.2) is 53.0 Å². The highest BCUT2D eigenvalue weighted by Crippen LogP contribution is 2.14. The van der Waals surface area contributed by atoms with Gasteiger partial charge in [0.15, 0.2) is 0 Å². The van der Waals surface area contributed by atoms with Gasteiger partial charge in [0.2, 0.25) is 11.9 Å². The fourth-order valence-corrected chi connectivity index (χ4v) is 3.00. The summed E-state index contributed by atoms with van der Waals surface area (Å²) in [5.41, 5.74) is 2.28. The van der Waals surface area contributed by atoms with Crippen molar-refractivity contribution in [3.05, 3.63) is 48.3 Å². The van der Waals surface area contributed by atoms with Crippen molar-refractivity contribution in [2.24, 2.45) is 0 Å². The Morgan fingerprint density at radius 2 is 1.76 bits per heavy atom. The summed E-state index contributed by atoms with van der Waals surface area (Å²) in [7, 11) is 0. The van der Waals surface area contributed by atoms with Crippen molar-refractivity contribution >= 4 is 17.5 Å². The summed E-state index contributed by atoms with van der Waals surface area (Å²) in [6, 6.07) is 9.83. The molecule has 1 aliphatic heterocycles. The van der Waals surface area contributed by atoms with Crippen molar-refractivity contribution in [2.45, 2.75) is 26.3 Å². The number of hydrogen-bond donors (Lipinski definition) is 1. The van der Waals surface area contributed by atoms with E-state index in [0.29, 0.717) is 13.1 Å². The van der Waals surface area contributed by atoms with Crippen molar-refractivity contribution < 1.29 is 4.79 Å². The molecular formula is C19H25N5O. The number of anilines is 2. The lowest BCUT2D eigenvalue weighted by molar-refractivity contribution is -0.131. The largest absolute Gasteiger partial charge is 0.374 e. The second-order valence-electron chi connectivity index (χ2n) is 6.28. The Balaban J connectivity index is 1.52. The fraction of sp³-hybridized carbons (Fsp3) is 0.421. The zero-order chi connectivity index (χ0) is 17.6. The third-order valence-electron chi connectivity index (χ3n) is 4.54. The number of amides is 1. The number of carbonyl (C=O) groups excluding carboxylic acids is 1. The molecule has 0 saturated carbocycles. The topological polar surface area (TPSA) is 61.4 Å². The van der Waals surface area contributed by atoms with Gasteiger partial charge in [-0.25, -0.2) is 9.97 Å². The van der Waals surface area contributed by atoms with Crippen LogP contribution in [0.1, 0.15) is 19.4 Å². The Hall–Kier alpha value is -2.63. The minimum absolute atomic E-state index is 0.133. The van der Waals surface area contributed by atoms with Crippen LogP contribution in [0.25, 0.3) is 0 Å². The standard InChI is InChI=1S/C19H25N5O/c1-3-16-5-7-17(8-6-16)22-15(2)18(25)23-11-13-24(14-12-23)19-20-9-4-10-21-19/h4-10,15,22H,3,11-14H2,1-2H3. The highest BCUT2D eigenvalue weighted by atomic mass is 16.2. The monoisotopic (exact) mass is 339 g/mol. The summed E-state index contributed by atoms with van der Waals surface area (Å²) in [4.78, 5) is 25.3. The van der Waals surface area contributed by atoms with Crippen LogP contribution in [0.15, 0.2) is 42.7 Å². The van der Waals surface area contributed by atoms with E-state index in [1.165, 1.54) is 5.56 Å². The minimum Gasteiger partial charge on any atom is -0.374 e. The zero-order valence-corrected chi connectivity index (χ0v) is 14.9. The number of aryl methyl sites for hydroxylation is 1. The lowest BCUT2D eigenvalue weighted by atomic mass is 10.1. The first-order chi connectivity index (χ1) is 12.2. The number of aromatic nitrogens is 2. The van der Waals surface area contributed by atoms with Crippen molar-refractivity contribution in [1.29, 1.82) is 0 Å². The van der Waals surface area contributed by atoms with E-state index in [4.69, 9.17) is 0 Å². The van der Waals surface area contributed by atoms with Crippen LogP contribution in [0, 0.1) is 0 Å². The van der Waals surface area contributed by atoms with Crippen LogP contribution < -0.4 is 10.2 Å². The molecule has 6 nitrogen and oxygen atoms in total. The number of rotatable bonds is 5. The van der Waals surface area contributed by atoms with Crippen LogP contribution in [0.3, 0.4) is 0 Å². The number of carbonyl (C=O) groups is 1. The minimum atomic E-state index is -0.244. The van der Waals surface area contributed by atoms with Crippen molar-refractivity contribution in [1.82, 2.24) is 14.9 Å². The van der Waals surface area contributed by atoms with Crippen molar-refractivity contribution in [3.63, 3.8) is 0 Å². The lowest BCUT2D eigenvalue weighted by Crippen LogP contribution is -2.52. The molecule has 2 aromatic rings. The molecule has 1 saturated heterocycles. The summed E-state index contributed by atoms with van der Waals surface area (Å²) >= 11 is 0. The van der Waals surface area contributed by atoms with Gasteiger partial charge < -0.3 is 15.1 Å². The van der Waals surface area contributed by atoms with Gasteiger partial charge in [0.25, 0.3) is 0 Å². The van der Waals surface area contributed by atoms with Gasteiger partial charge in [0.1, 0.15) is 6.04 Å². The van der Waals surface area contributed by atoms with E-state index < -0.39 is 0 Å². The number of nitrogens with zero attached hydrogens (tertiary/aromatic N) is 4. The second-order valence-corrected chi connectivity index (χ2v) is 6.28. The van der Waals surface area contributed by atoms with Crippen LogP contribution in [0.5, 0.6) is 0 Å². The first-order valence-corrected chi connectivity index (χ1v) is 8.83. The summed E-state index contributed by atoms with van der Waals surface area (Å²) in [6.07, 6.45) is 4.51. The highest BCUT2D eigenvalue weighted by molar-refractivity contribution is 5.84. The molecule has 1 aromatic carbocycles. The molecular weight excluding hydrogens is 314 g/mol. The molecule has 1 fully saturated rings. The molecule has 0 spiro atoms. The maximum absolute atomic E-state index is 12.7. The third-order valence-corrected chi connectivity index (χ3v) is 4.54. The Morgan fingerprint density at radius 1 is 1.12 bits per heavy atom. The summed E-state index contributed by atoms with van der Waals surface area (Å²) in [5.74, 6) is 0.866. The fourth-order valence-electron chi connectivity index (χ4n) is 3.00. The third kappa shape index (κ3) is 4.26. The van der Waals surface area contributed by atoms with Crippen LogP contribution in [0.4, 0.5) is 11.6 Å². The van der Waals surface area contributed by atoms with Gasteiger partial charge in [-0.15, -0.1) is 0 Å². The quantitative estimate of drug-likeness (QED) is 0.905. The van der Waals surface area contributed by atoms with Gasteiger partial charge >= 0.3 is 0 Å². The van der Waals surface area contributed by atoms with Gasteiger partial charge in [-0.1, -0.05) is 19.1 Å². The van der Waals surface area contributed by atoms with Crippen molar-refractivity contribution in [2.75, 3.05) is 36.4 Å². The Morgan fingerprint density at radius 3 is 2.36 bits per heavy atom. The van der Waals surface area contributed by atoms with Crippen LogP contribution in [-0.2, 0) is 11.2 Å². The molecule has 1 amide bonds. The molecule has 1 unspecified atom stereocenters. The van der Waals surface area contributed by atoms with Gasteiger partial charge in [0.05, 0.1) is 0 Å². The predicted molar refractivity (Wildman–Crippen MR) is 99.7 cm³/mol. The Bertz CT molecular complexity index is 681. The number of nitrogens with one attached hydrogen (secondary N) is 1. The van der Waals surface area contributed by atoms with Gasteiger partial charge in [-0.3, -0.25) is 4.79 Å². The first kappa shape index (κ1) is 17.2. The maximum Gasteiger partial charge on any atom is 0.244 e. The zero-order valence-electron chi connectivity index (χ0n) is 14.9. The van der Waals surface area contributed by atoms with Crippen LogP contribution >= 0.6 is 0 Å². The number of piperazine rings is 1. The molecule has 6 heteroatoms. The molecule has 3 rings (SSSR count). The second kappa shape index (κ2) is 7.96. The van der Waals surface area contributed by atoms with Gasteiger partial charge in [-0.2, -0.15) is 0 Å². The molecule has 0 aliphatic carbocycles. The van der Waals surface area contributed by atoms with Gasteiger partial charge in [0, 0.05) is 44.3 Å². The molecule has 0 radical (unpaired) electrons. The molecule has 0 bridgehead atoms. The number of hydrogen-bond acceptors (Lipinski definition) is 5. The first-order valence-electron chi connectivity index (χ1n) is 8.83. The van der Waals surface area contributed by atoms with Crippen LogP contribution in [0.2, 0.25) is 0 Å². The number of benzene rings is 1. The van der Waals surface area contributed by atoms with E-state index in [2.05, 4.69) is 39.2 Å². The lowest BCUT2D eigenvalue weighted by Gasteiger charge is -2.36. The molecule has 1 aliphatic rings. The Labute approximate surface area is 148 Å². The molecule has 132 valence electrons. The highest BCUT2D eigenvalue weighted by Gasteiger charge is 2.25. The van der Waals surface area contributed by atoms with Gasteiger partial charge in [-0.05, 0) is 37.1 Å². The molecule has 1 aromatic heterocycles. The molecule has 25 heavy (non-hydrogen) atoms. The smallest absolute Gasteiger partial charge is 0.244 e. The van der Waals surface area contributed by atoms with E-state index in [1.54, 1.807) is 12.4 Å². The van der Waals surface area contributed by atoms with Crippen molar-refractivity contribution in [3.8, 4) is 0 Å². The summed E-state index contributed by atoms with van der Waals surface area (Å²) in [5, 5.41) is 3.30. The predicted octanol–water partition coefficient (Wildman–Crippen LogP) is 2.19. The Kier molecular flexibility index (Phi) is 5.48. The SMILES string of the molecule is CCc1ccc(NC(C)C(=O)N2CCN(c3ncccn3)CC2)cc1.